The zero-order valence-corrected chi connectivity index (χ0v) is 11.2. The molecule has 0 spiro atoms. The quantitative estimate of drug-likeness (QED) is 0.844. The van der Waals surface area contributed by atoms with Crippen LogP contribution in [0.15, 0.2) is 36.9 Å². The number of benzene rings is 1. The average molecular weight is 304 g/mol. The van der Waals surface area contributed by atoms with Gasteiger partial charge in [-0.1, -0.05) is 17.7 Å². The first-order valence-electron chi connectivity index (χ1n) is 6.04. The summed E-state index contributed by atoms with van der Waals surface area (Å²) < 4.78 is 40.4. The molecule has 7 heteroatoms. The molecule has 0 radical (unpaired) electrons. The van der Waals surface area contributed by atoms with Crippen LogP contribution in [0.4, 0.5) is 18.9 Å². The Morgan fingerprint density at radius 2 is 2.10 bits per heavy atom. The van der Waals surface area contributed by atoms with E-state index in [-0.39, 0.29) is 10.7 Å². The van der Waals surface area contributed by atoms with Crippen molar-refractivity contribution in [1.82, 2.24) is 9.55 Å². The SMILES string of the molecule is FC(F)(F)c1cccc(Cl)c1NCCCn1ccnc1. The third kappa shape index (κ3) is 3.66. The molecule has 0 fully saturated rings. The highest BCUT2D eigenvalue weighted by atomic mass is 35.5. The third-order valence-electron chi connectivity index (χ3n) is 2.77. The number of aromatic nitrogens is 2. The van der Waals surface area contributed by atoms with Gasteiger partial charge in [-0.2, -0.15) is 13.2 Å². The van der Waals surface area contributed by atoms with Crippen molar-refractivity contribution in [3.05, 3.63) is 47.5 Å². The van der Waals surface area contributed by atoms with Crippen LogP contribution in [0.5, 0.6) is 0 Å². The highest BCUT2D eigenvalue weighted by Crippen LogP contribution is 2.38. The first-order valence-corrected chi connectivity index (χ1v) is 6.41. The molecule has 0 aliphatic carbocycles. The van der Waals surface area contributed by atoms with Gasteiger partial charge in [0.2, 0.25) is 0 Å². The van der Waals surface area contributed by atoms with Gasteiger partial charge >= 0.3 is 6.18 Å². The number of hydrogen-bond donors (Lipinski definition) is 1. The second kappa shape index (κ2) is 6.17. The van der Waals surface area contributed by atoms with E-state index in [2.05, 4.69) is 10.3 Å². The van der Waals surface area contributed by atoms with E-state index in [4.69, 9.17) is 11.6 Å². The van der Waals surface area contributed by atoms with Crippen LogP contribution in [0.1, 0.15) is 12.0 Å². The largest absolute Gasteiger partial charge is 0.418 e. The monoisotopic (exact) mass is 303 g/mol. The lowest BCUT2D eigenvalue weighted by atomic mass is 10.1. The number of anilines is 1. The Balaban J connectivity index is 1.98. The smallest absolute Gasteiger partial charge is 0.383 e. The Labute approximate surface area is 119 Å². The molecule has 1 aromatic heterocycles. The van der Waals surface area contributed by atoms with Crippen molar-refractivity contribution in [1.29, 1.82) is 0 Å². The first-order chi connectivity index (χ1) is 9.48. The summed E-state index contributed by atoms with van der Waals surface area (Å²) in [5.41, 5.74) is -0.806. The summed E-state index contributed by atoms with van der Waals surface area (Å²) in [6, 6.07) is 3.75. The molecule has 1 aromatic carbocycles. The lowest BCUT2D eigenvalue weighted by Crippen LogP contribution is -2.13. The standard InChI is InChI=1S/C13H13ClF3N3/c14-11-4-1-3-10(13(15,16)17)12(11)19-5-2-7-20-8-6-18-9-20/h1,3-4,6,8-9,19H,2,5,7H2. The molecule has 0 saturated heterocycles. The minimum atomic E-state index is -4.42. The zero-order valence-electron chi connectivity index (χ0n) is 10.5. The molecule has 0 aliphatic rings. The Bertz CT molecular complexity index is 552. The van der Waals surface area contributed by atoms with Gasteiger partial charge in [0.1, 0.15) is 0 Å². The number of imidazole rings is 1. The van der Waals surface area contributed by atoms with E-state index in [9.17, 15) is 13.2 Å². The maximum Gasteiger partial charge on any atom is 0.418 e. The zero-order chi connectivity index (χ0) is 14.6. The van der Waals surface area contributed by atoms with Crippen molar-refractivity contribution >= 4 is 17.3 Å². The van der Waals surface area contributed by atoms with E-state index in [1.807, 2.05) is 4.57 Å². The van der Waals surface area contributed by atoms with Crippen LogP contribution >= 0.6 is 11.6 Å². The normalized spacial score (nSPS) is 11.6. The molecule has 0 amide bonds. The summed E-state index contributed by atoms with van der Waals surface area (Å²) in [7, 11) is 0. The number of alkyl halides is 3. The van der Waals surface area contributed by atoms with Crippen molar-refractivity contribution in [3.63, 3.8) is 0 Å². The van der Waals surface area contributed by atoms with E-state index in [0.29, 0.717) is 19.5 Å². The van der Waals surface area contributed by atoms with E-state index in [0.717, 1.165) is 6.07 Å². The van der Waals surface area contributed by atoms with Crippen molar-refractivity contribution < 1.29 is 13.2 Å². The maximum absolute atomic E-state index is 12.8. The van der Waals surface area contributed by atoms with Gasteiger partial charge in [-0.05, 0) is 18.6 Å². The second-order valence-corrected chi connectivity index (χ2v) is 4.65. The van der Waals surface area contributed by atoms with E-state index in [1.54, 1.807) is 18.7 Å². The molecular weight excluding hydrogens is 291 g/mol. The van der Waals surface area contributed by atoms with Gasteiger partial charge in [0.05, 0.1) is 22.6 Å². The molecule has 0 saturated carbocycles. The minimum absolute atomic E-state index is 0.0627. The Hall–Kier alpha value is -1.69. The van der Waals surface area contributed by atoms with E-state index in [1.165, 1.54) is 12.1 Å². The van der Waals surface area contributed by atoms with Gasteiger partial charge < -0.3 is 9.88 Å². The predicted octanol–water partition coefficient (Wildman–Crippen LogP) is 4.06. The van der Waals surface area contributed by atoms with Crippen LogP contribution in [0.2, 0.25) is 5.02 Å². The molecule has 0 bridgehead atoms. The fraction of sp³-hybridized carbons (Fsp3) is 0.308. The number of halogens is 4. The molecule has 108 valence electrons. The molecule has 20 heavy (non-hydrogen) atoms. The number of aryl methyl sites for hydroxylation is 1. The van der Waals surface area contributed by atoms with Crippen molar-refractivity contribution in [2.75, 3.05) is 11.9 Å². The van der Waals surface area contributed by atoms with Crippen LogP contribution < -0.4 is 5.32 Å². The molecule has 0 atom stereocenters. The molecule has 3 nitrogen and oxygen atoms in total. The number of rotatable bonds is 5. The van der Waals surface area contributed by atoms with Gasteiger partial charge in [0.15, 0.2) is 0 Å². The van der Waals surface area contributed by atoms with Crippen LogP contribution in [0.25, 0.3) is 0 Å². The van der Waals surface area contributed by atoms with Crippen LogP contribution in [-0.4, -0.2) is 16.1 Å². The van der Waals surface area contributed by atoms with E-state index < -0.39 is 11.7 Å². The Morgan fingerprint density at radius 3 is 2.75 bits per heavy atom. The molecule has 1 heterocycles. The Kier molecular flexibility index (Phi) is 4.54. The summed E-state index contributed by atoms with van der Waals surface area (Å²) >= 11 is 5.84. The first kappa shape index (κ1) is 14.7. The van der Waals surface area contributed by atoms with Gasteiger partial charge in [-0.3, -0.25) is 0 Å². The predicted molar refractivity (Wildman–Crippen MR) is 71.8 cm³/mol. The highest BCUT2D eigenvalue weighted by Gasteiger charge is 2.34. The third-order valence-corrected chi connectivity index (χ3v) is 3.09. The highest BCUT2D eigenvalue weighted by molar-refractivity contribution is 6.33. The Morgan fingerprint density at radius 1 is 1.30 bits per heavy atom. The lowest BCUT2D eigenvalue weighted by Gasteiger charge is -2.16. The topological polar surface area (TPSA) is 29.9 Å². The lowest BCUT2D eigenvalue weighted by molar-refractivity contribution is -0.136. The van der Waals surface area contributed by atoms with Crippen molar-refractivity contribution in [3.8, 4) is 0 Å². The van der Waals surface area contributed by atoms with Gasteiger partial charge in [-0.15, -0.1) is 0 Å². The molecule has 0 unspecified atom stereocenters. The van der Waals surface area contributed by atoms with Crippen LogP contribution in [0, 0.1) is 0 Å². The maximum atomic E-state index is 12.8. The summed E-state index contributed by atoms with van der Waals surface area (Å²) in [5, 5.41) is 2.84. The number of para-hydroxylation sites is 1. The number of hydrogen-bond acceptors (Lipinski definition) is 2. The summed E-state index contributed by atoms with van der Waals surface area (Å²) in [6.45, 7) is 1.07. The molecule has 0 aliphatic heterocycles. The van der Waals surface area contributed by atoms with Crippen molar-refractivity contribution in [2.45, 2.75) is 19.1 Å². The average Bonchev–Trinajstić information content (AvgIpc) is 2.88. The molecule has 2 aromatic rings. The fourth-order valence-electron chi connectivity index (χ4n) is 1.83. The van der Waals surface area contributed by atoms with Crippen molar-refractivity contribution in [2.24, 2.45) is 0 Å². The molecular formula is C13H13ClF3N3. The van der Waals surface area contributed by atoms with Crippen LogP contribution in [0.3, 0.4) is 0 Å². The van der Waals surface area contributed by atoms with Gasteiger partial charge in [0, 0.05) is 25.5 Å². The van der Waals surface area contributed by atoms with E-state index >= 15 is 0 Å². The number of nitrogens with zero attached hydrogens (tertiary/aromatic N) is 2. The fourth-order valence-corrected chi connectivity index (χ4v) is 2.08. The summed E-state index contributed by atoms with van der Waals surface area (Å²) in [5.74, 6) is 0. The van der Waals surface area contributed by atoms with Gasteiger partial charge in [-0.25, -0.2) is 4.98 Å². The number of nitrogens with one attached hydrogen (secondary N) is 1. The van der Waals surface area contributed by atoms with Crippen LogP contribution in [-0.2, 0) is 12.7 Å². The van der Waals surface area contributed by atoms with Gasteiger partial charge in [0.25, 0.3) is 0 Å². The summed E-state index contributed by atoms with van der Waals surface area (Å²) in [6.07, 6.45) is 1.37. The summed E-state index contributed by atoms with van der Waals surface area (Å²) in [4.78, 5) is 3.89. The molecule has 1 N–H and O–H groups in total. The molecule has 2 rings (SSSR count). The second-order valence-electron chi connectivity index (χ2n) is 4.24. The minimum Gasteiger partial charge on any atom is -0.383 e.